The lowest BCUT2D eigenvalue weighted by atomic mass is 10.0. The van der Waals surface area contributed by atoms with Crippen LogP contribution in [0.3, 0.4) is 0 Å². The molecule has 84 valence electrons. The van der Waals surface area contributed by atoms with Gasteiger partial charge in [0.1, 0.15) is 6.10 Å². The number of nitrogens with zero attached hydrogens (tertiary/aromatic N) is 1. The second kappa shape index (κ2) is 4.82. The van der Waals surface area contributed by atoms with Crippen molar-refractivity contribution in [2.45, 2.75) is 12.2 Å². The summed E-state index contributed by atoms with van der Waals surface area (Å²) in [4.78, 5) is 4.19. The van der Waals surface area contributed by atoms with Gasteiger partial charge in [-0.3, -0.25) is 4.98 Å². The molecule has 0 aliphatic carbocycles. The number of aliphatic hydroxyl groups is 2. The van der Waals surface area contributed by atoms with Gasteiger partial charge in [-0.2, -0.15) is 12.6 Å². The number of pyridine rings is 1. The van der Waals surface area contributed by atoms with Gasteiger partial charge in [-0.25, -0.2) is 0 Å². The Morgan fingerprint density at radius 3 is 2.81 bits per heavy atom. The molecule has 0 spiro atoms. The average Bonchev–Trinajstić information content (AvgIpc) is 2.36. The standard InChI is InChI=1S/C12H13NO2S/c14-11(7-16)12(15)9-3-4-10-8(6-9)2-1-5-13-10/h1-6,11-12,14-16H,7H2. The highest BCUT2D eigenvalue weighted by Crippen LogP contribution is 2.21. The Kier molecular flexibility index (Phi) is 3.43. The van der Waals surface area contributed by atoms with Crippen LogP contribution >= 0.6 is 12.6 Å². The normalized spacial score (nSPS) is 14.9. The predicted molar refractivity (Wildman–Crippen MR) is 66.6 cm³/mol. The lowest BCUT2D eigenvalue weighted by molar-refractivity contribution is 0.0338. The SMILES string of the molecule is OC(CS)C(O)c1ccc2ncccc2c1. The average molecular weight is 235 g/mol. The first kappa shape index (κ1) is 11.4. The Morgan fingerprint density at radius 2 is 2.06 bits per heavy atom. The molecule has 0 bridgehead atoms. The Labute approximate surface area is 99.2 Å². The Balaban J connectivity index is 2.39. The first-order valence-electron chi connectivity index (χ1n) is 5.04. The van der Waals surface area contributed by atoms with E-state index >= 15 is 0 Å². The number of hydrogen-bond acceptors (Lipinski definition) is 4. The molecule has 1 heterocycles. The lowest BCUT2D eigenvalue weighted by Crippen LogP contribution is -2.19. The molecule has 0 saturated heterocycles. The van der Waals surface area contributed by atoms with Gasteiger partial charge in [0.05, 0.1) is 11.6 Å². The zero-order valence-corrected chi connectivity index (χ0v) is 9.51. The number of benzene rings is 1. The number of aliphatic hydroxyl groups excluding tert-OH is 2. The Morgan fingerprint density at radius 1 is 1.25 bits per heavy atom. The third-order valence-electron chi connectivity index (χ3n) is 2.52. The molecule has 3 nitrogen and oxygen atoms in total. The van der Waals surface area contributed by atoms with Crippen molar-refractivity contribution in [3.05, 3.63) is 42.1 Å². The van der Waals surface area contributed by atoms with Gasteiger partial charge in [0, 0.05) is 17.3 Å². The molecule has 2 unspecified atom stereocenters. The maximum Gasteiger partial charge on any atom is 0.106 e. The summed E-state index contributed by atoms with van der Waals surface area (Å²) in [6.07, 6.45) is -0.0272. The van der Waals surface area contributed by atoms with E-state index in [9.17, 15) is 10.2 Å². The van der Waals surface area contributed by atoms with E-state index in [0.717, 1.165) is 10.9 Å². The summed E-state index contributed by atoms with van der Waals surface area (Å²) < 4.78 is 0. The monoisotopic (exact) mass is 235 g/mol. The molecule has 4 heteroatoms. The minimum absolute atomic E-state index is 0.228. The highest BCUT2D eigenvalue weighted by Gasteiger charge is 2.16. The van der Waals surface area contributed by atoms with Gasteiger partial charge in [-0.1, -0.05) is 12.1 Å². The zero-order chi connectivity index (χ0) is 11.5. The van der Waals surface area contributed by atoms with Crippen LogP contribution < -0.4 is 0 Å². The fraction of sp³-hybridized carbons (Fsp3) is 0.250. The van der Waals surface area contributed by atoms with Crippen molar-refractivity contribution in [2.24, 2.45) is 0 Å². The molecule has 0 radical (unpaired) electrons. The molecule has 1 aromatic heterocycles. The largest absolute Gasteiger partial charge is 0.389 e. The number of hydrogen-bond donors (Lipinski definition) is 3. The quantitative estimate of drug-likeness (QED) is 0.708. The van der Waals surface area contributed by atoms with E-state index in [1.807, 2.05) is 24.3 Å². The molecule has 0 aliphatic heterocycles. The second-order valence-corrected chi connectivity index (χ2v) is 4.02. The minimum Gasteiger partial charge on any atom is -0.389 e. The van der Waals surface area contributed by atoms with Crippen LogP contribution in [0.2, 0.25) is 0 Å². The summed E-state index contributed by atoms with van der Waals surface area (Å²) in [5, 5.41) is 20.3. The van der Waals surface area contributed by atoms with Crippen LogP contribution in [0.5, 0.6) is 0 Å². The summed E-state index contributed by atoms with van der Waals surface area (Å²) in [6.45, 7) is 0. The van der Waals surface area contributed by atoms with E-state index in [4.69, 9.17) is 0 Å². The van der Waals surface area contributed by atoms with E-state index < -0.39 is 12.2 Å². The summed E-state index contributed by atoms with van der Waals surface area (Å²) >= 11 is 3.96. The molecule has 2 aromatic rings. The Hall–Kier alpha value is -1.10. The first-order chi connectivity index (χ1) is 7.72. The van der Waals surface area contributed by atoms with Gasteiger partial charge in [-0.15, -0.1) is 0 Å². The highest BCUT2D eigenvalue weighted by atomic mass is 32.1. The van der Waals surface area contributed by atoms with Crippen LogP contribution in [0.1, 0.15) is 11.7 Å². The molecule has 0 saturated carbocycles. The van der Waals surface area contributed by atoms with E-state index in [1.165, 1.54) is 0 Å². The molecule has 0 aliphatic rings. The van der Waals surface area contributed by atoms with Crippen molar-refractivity contribution in [1.29, 1.82) is 0 Å². The van der Waals surface area contributed by atoms with Crippen LogP contribution in [-0.2, 0) is 0 Å². The Bertz CT molecular complexity index is 489. The summed E-state index contributed by atoms with van der Waals surface area (Å²) in [5.74, 6) is 0.228. The summed E-state index contributed by atoms with van der Waals surface area (Å²) in [6, 6.07) is 9.20. The van der Waals surface area contributed by atoms with E-state index in [0.29, 0.717) is 5.56 Å². The molecule has 0 amide bonds. The van der Waals surface area contributed by atoms with Crippen molar-refractivity contribution in [2.75, 3.05) is 5.75 Å². The van der Waals surface area contributed by atoms with Crippen molar-refractivity contribution in [1.82, 2.24) is 4.98 Å². The molecular formula is C12H13NO2S. The third kappa shape index (κ3) is 2.19. The van der Waals surface area contributed by atoms with Gasteiger partial charge in [0.25, 0.3) is 0 Å². The zero-order valence-electron chi connectivity index (χ0n) is 8.61. The topological polar surface area (TPSA) is 53.4 Å². The van der Waals surface area contributed by atoms with Crippen molar-refractivity contribution in [3.8, 4) is 0 Å². The third-order valence-corrected chi connectivity index (χ3v) is 2.89. The fourth-order valence-electron chi connectivity index (χ4n) is 1.60. The summed E-state index contributed by atoms with van der Waals surface area (Å²) in [5.41, 5.74) is 1.56. The van der Waals surface area contributed by atoms with Crippen molar-refractivity contribution < 1.29 is 10.2 Å². The van der Waals surface area contributed by atoms with Gasteiger partial charge in [0.2, 0.25) is 0 Å². The van der Waals surface area contributed by atoms with E-state index in [1.54, 1.807) is 12.3 Å². The lowest BCUT2D eigenvalue weighted by Gasteiger charge is -2.16. The molecule has 2 N–H and O–H groups in total. The summed E-state index contributed by atoms with van der Waals surface area (Å²) in [7, 11) is 0. The number of fused-ring (bicyclic) bond motifs is 1. The first-order valence-corrected chi connectivity index (χ1v) is 5.67. The number of aromatic nitrogens is 1. The van der Waals surface area contributed by atoms with Crippen LogP contribution in [0, 0.1) is 0 Å². The van der Waals surface area contributed by atoms with Crippen molar-refractivity contribution >= 4 is 23.5 Å². The maximum absolute atomic E-state index is 9.83. The van der Waals surface area contributed by atoms with Crippen LogP contribution in [0.25, 0.3) is 10.9 Å². The number of thiol groups is 1. The minimum atomic E-state index is -0.901. The van der Waals surface area contributed by atoms with E-state index in [-0.39, 0.29) is 5.75 Å². The molecule has 0 fully saturated rings. The maximum atomic E-state index is 9.83. The number of rotatable bonds is 3. The van der Waals surface area contributed by atoms with Crippen LogP contribution in [0.15, 0.2) is 36.5 Å². The molecule has 2 atom stereocenters. The van der Waals surface area contributed by atoms with Gasteiger partial charge >= 0.3 is 0 Å². The molecule has 1 aromatic carbocycles. The smallest absolute Gasteiger partial charge is 0.106 e. The van der Waals surface area contributed by atoms with Crippen molar-refractivity contribution in [3.63, 3.8) is 0 Å². The molecule has 16 heavy (non-hydrogen) atoms. The van der Waals surface area contributed by atoms with Gasteiger partial charge in [0.15, 0.2) is 0 Å². The van der Waals surface area contributed by atoms with Gasteiger partial charge in [-0.05, 0) is 23.8 Å². The fourth-order valence-corrected chi connectivity index (χ4v) is 1.80. The van der Waals surface area contributed by atoms with Gasteiger partial charge < -0.3 is 10.2 Å². The molecular weight excluding hydrogens is 222 g/mol. The second-order valence-electron chi connectivity index (χ2n) is 3.65. The predicted octanol–water partition coefficient (Wildman–Crippen LogP) is 1.56. The molecule has 2 rings (SSSR count). The van der Waals surface area contributed by atoms with Crippen LogP contribution in [0.4, 0.5) is 0 Å². The highest BCUT2D eigenvalue weighted by molar-refractivity contribution is 7.80. The van der Waals surface area contributed by atoms with Crippen LogP contribution in [-0.4, -0.2) is 27.1 Å². The van der Waals surface area contributed by atoms with E-state index in [2.05, 4.69) is 17.6 Å².